The largest absolute Gasteiger partial charge is 0.360 e. The summed E-state index contributed by atoms with van der Waals surface area (Å²) in [5.41, 5.74) is 2.58. The van der Waals surface area contributed by atoms with E-state index in [9.17, 15) is 9.59 Å². The van der Waals surface area contributed by atoms with Gasteiger partial charge in [-0.2, -0.15) is 0 Å². The molecule has 0 bridgehead atoms. The molecule has 1 amide bonds. The highest BCUT2D eigenvalue weighted by molar-refractivity contribution is 8.00. The van der Waals surface area contributed by atoms with Crippen molar-refractivity contribution in [2.45, 2.75) is 42.5 Å². The van der Waals surface area contributed by atoms with Crippen LogP contribution in [0.4, 0.5) is 5.82 Å². The molecule has 0 spiro atoms. The fraction of sp³-hybridized carbons (Fsp3) is 0.300. The molecule has 0 radical (unpaired) electrons. The zero-order valence-electron chi connectivity index (χ0n) is 16.3. The summed E-state index contributed by atoms with van der Waals surface area (Å²) in [6.45, 7) is 5.84. The van der Waals surface area contributed by atoms with Gasteiger partial charge in [0.25, 0.3) is 5.56 Å². The number of carbonyl (C=O) groups excluding carboxylic acids is 1. The topological polar surface area (TPSA) is 90.0 Å². The number of hydrogen-bond donors (Lipinski definition) is 1. The summed E-state index contributed by atoms with van der Waals surface area (Å²) < 4.78 is 6.56. The number of nitrogens with zero attached hydrogens (tertiary/aromatic N) is 3. The highest BCUT2D eigenvalue weighted by atomic mass is 32.2. The second-order valence-electron chi connectivity index (χ2n) is 6.94. The smallest absolute Gasteiger partial charge is 0.272 e. The van der Waals surface area contributed by atoms with Crippen LogP contribution < -0.4 is 10.9 Å². The standard InChI is InChI=1S/C20H20N4O3S2/c1-11-4-6-14(7-5-11)24-19(26)18-15(9-13(3)29-18)21-20(24)28-10-17(25)22-16-8-12(2)27-23-16/h4-8,13H,9-10H2,1-3H3,(H,22,23,25)/t13-/m1/s1. The van der Waals surface area contributed by atoms with Crippen LogP contribution >= 0.6 is 23.5 Å². The molecule has 1 aliphatic rings. The van der Waals surface area contributed by atoms with Gasteiger partial charge in [0.2, 0.25) is 5.91 Å². The van der Waals surface area contributed by atoms with Gasteiger partial charge in [-0.1, -0.05) is 41.5 Å². The predicted molar refractivity (Wildman–Crippen MR) is 114 cm³/mol. The van der Waals surface area contributed by atoms with Gasteiger partial charge in [0.05, 0.1) is 22.0 Å². The lowest BCUT2D eigenvalue weighted by atomic mass is 10.2. The Kier molecular flexibility index (Phi) is 5.51. The second-order valence-corrected chi connectivity index (χ2v) is 9.33. The number of fused-ring (bicyclic) bond motifs is 1. The second kappa shape index (κ2) is 8.08. The van der Waals surface area contributed by atoms with Crippen LogP contribution in [0, 0.1) is 13.8 Å². The van der Waals surface area contributed by atoms with Crippen molar-refractivity contribution >= 4 is 35.2 Å². The normalized spacial score (nSPS) is 15.3. The van der Waals surface area contributed by atoms with Crippen molar-refractivity contribution in [1.29, 1.82) is 0 Å². The number of nitrogens with one attached hydrogen (secondary N) is 1. The van der Waals surface area contributed by atoms with Crippen molar-refractivity contribution in [3.8, 4) is 5.69 Å². The molecule has 1 aromatic carbocycles. The molecular formula is C20H20N4O3S2. The molecule has 0 fully saturated rings. The van der Waals surface area contributed by atoms with Gasteiger partial charge in [-0.15, -0.1) is 11.8 Å². The average molecular weight is 429 g/mol. The monoisotopic (exact) mass is 428 g/mol. The van der Waals surface area contributed by atoms with E-state index < -0.39 is 0 Å². The van der Waals surface area contributed by atoms with E-state index >= 15 is 0 Å². The van der Waals surface area contributed by atoms with E-state index in [1.165, 1.54) is 11.8 Å². The van der Waals surface area contributed by atoms with Crippen LogP contribution in [0.15, 0.2) is 49.7 Å². The molecule has 29 heavy (non-hydrogen) atoms. The fourth-order valence-electron chi connectivity index (χ4n) is 3.05. The number of thioether (sulfide) groups is 2. The summed E-state index contributed by atoms with van der Waals surface area (Å²) in [6, 6.07) is 9.36. The number of carbonyl (C=O) groups is 1. The van der Waals surface area contributed by atoms with Crippen LogP contribution in [0.1, 0.15) is 23.9 Å². The summed E-state index contributed by atoms with van der Waals surface area (Å²) >= 11 is 2.80. The van der Waals surface area contributed by atoms with Crippen LogP contribution in [0.25, 0.3) is 5.69 Å². The molecule has 7 nitrogen and oxygen atoms in total. The number of benzene rings is 1. The van der Waals surface area contributed by atoms with Gasteiger partial charge in [0.15, 0.2) is 11.0 Å². The quantitative estimate of drug-likeness (QED) is 0.490. The average Bonchev–Trinajstić information content (AvgIpc) is 3.26. The molecule has 0 unspecified atom stereocenters. The van der Waals surface area contributed by atoms with E-state index in [0.717, 1.165) is 23.4 Å². The van der Waals surface area contributed by atoms with Gasteiger partial charge in [-0.05, 0) is 26.0 Å². The number of hydrogen-bond acceptors (Lipinski definition) is 7. The van der Waals surface area contributed by atoms with Crippen LogP contribution in [0.3, 0.4) is 0 Å². The maximum atomic E-state index is 13.2. The molecule has 0 saturated carbocycles. The molecule has 1 aliphatic heterocycles. The summed E-state index contributed by atoms with van der Waals surface area (Å²) in [6.07, 6.45) is 0.752. The third kappa shape index (κ3) is 4.25. The lowest BCUT2D eigenvalue weighted by Crippen LogP contribution is -2.24. The van der Waals surface area contributed by atoms with E-state index in [0.29, 0.717) is 26.9 Å². The molecule has 0 saturated heterocycles. The molecule has 150 valence electrons. The van der Waals surface area contributed by atoms with Crippen molar-refractivity contribution in [2.75, 3.05) is 11.1 Å². The fourth-order valence-corrected chi connectivity index (χ4v) is 4.98. The molecule has 0 aliphatic carbocycles. The van der Waals surface area contributed by atoms with Crippen LogP contribution in [-0.4, -0.2) is 31.6 Å². The lowest BCUT2D eigenvalue weighted by Gasteiger charge is -2.13. The lowest BCUT2D eigenvalue weighted by molar-refractivity contribution is -0.113. The summed E-state index contributed by atoms with van der Waals surface area (Å²) in [4.78, 5) is 31.0. The maximum Gasteiger partial charge on any atom is 0.272 e. The van der Waals surface area contributed by atoms with Gasteiger partial charge < -0.3 is 9.84 Å². The van der Waals surface area contributed by atoms with E-state index in [4.69, 9.17) is 9.51 Å². The predicted octanol–water partition coefficient (Wildman–Crippen LogP) is 3.60. The number of aromatic nitrogens is 3. The van der Waals surface area contributed by atoms with E-state index in [2.05, 4.69) is 17.4 Å². The minimum atomic E-state index is -0.240. The minimum Gasteiger partial charge on any atom is -0.360 e. The summed E-state index contributed by atoms with van der Waals surface area (Å²) in [5, 5.41) is 7.28. The van der Waals surface area contributed by atoms with Crippen molar-refractivity contribution < 1.29 is 9.32 Å². The number of aryl methyl sites for hydroxylation is 2. The van der Waals surface area contributed by atoms with Crippen LogP contribution in [0.5, 0.6) is 0 Å². The first-order valence-electron chi connectivity index (χ1n) is 9.16. The molecule has 3 heterocycles. The zero-order chi connectivity index (χ0) is 20.5. The van der Waals surface area contributed by atoms with E-state index in [1.807, 2.05) is 31.2 Å². The Hall–Kier alpha value is -2.52. The van der Waals surface area contributed by atoms with Gasteiger partial charge in [-0.3, -0.25) is 14.2 Å². The third-order valence-corrected chi connectivity index (χ3v) is 6.55. The van der Waals surface area contributed by atoms with Gasteiger partial charge in [0.1, 0.15) is 5.76 Å². The van der Waals surface area contributed by atoms with Crippen molar-refractivity contribution in [3.63, 3.8) is 0 Å². The third-order valence-electron chi connectivity index (χ3n) is 4.40. The summed E-state index contributed by atoms with van der Waals surface area (Å²) in [7, 11) is 0. The molecule has 2 aromatic heterocycles. The SMILES string of the molecule is Cc1ccc(-n2c(SCC(=O)Nc3cc(C)on3)nc3c(c2=O)S[C@H](C)C3)cc1. The van der Waals surface area contributed by atoms with E-state index in [1.54, 1.807) is 29.3 Å². The number of rotatable bonds is 5. The van der Waals surface area contributed by atoms with E-state index in [-0.39, 0.29) is 17.2 Å². The summed E-state index contributed by atoms with van der Waals surface area (Å²) in [5.74, 6) is 0.853. The Balaban J connectivity index is 1.64. The Morgan fingerprint density at radius 1 is 1.34 bits per heavy atom. The van der Waals surface area contributed by atoms with Crippen LogP contribution in [0.2, 0.25) is 0 Å². The number of amides is 1. The molecule has 4 rings (SSSR count). The van der Waals surface area contributed by atoms with Gasteiger partial charge >= 0.3 is 0 Å². The van der Waals surface area contributed by atoms with Crippen molar-refractivity contribution in [2.24, 2.45) is 0 Å². The molecule has 1 atom stereocenters. The Morgan fingerprint density at radius 2 is 2.10 bits per heavy atom. The Morgan fingerprint density at radius 3 is 2.79 bits per heavy atom. The Bertz CT molecular complexity index is 1120. The van der Waals surface area contributed by atoms with Gasteiger partial charge in [-0.25, -0.2) is 4.98 Å². The first kappa shape index (κ1) is 19.8. The molecule has 9 heteroatoms. The zero-order valence-corrected chi connectivity index (χ0v) is 17.9. The molecular weight excluding hydrogens is 408 g/mol. The first-order valence-corrected chi connectivity index (χ1v) is 11.0. The van der Waals surface area contributed by atoms with Crippen molar-refractivity contribution in [1.82, 2.24) is 14.7 Å². The number of anilines is 1. The Labute approximate surface area is 176 Å². The molecule has 1 N–H and O–H groups in total. The first-order chi connectivity index (χ1) is 13.9. The van der Waals surface area contributed by atoms with Crippen molar-refractivity contribution in [3.05, 3.63) is 57.7 Å². The molecule has 3 aromatic rings. The maximum absolute atomic E-state index is 13.2. The van der Waals surface area contributed by atoms with Crippen LogP contribution in [-0.2, 0) is 11.2 Å². The van der Waals surface area contributed by atoms with Gasteiger partial charge in [0, 0.05) is 17.7 Å². The minimum absolute atomic E-state index is 0.0803. The highest BCUT2D eigenvalue weighted by Gasteiger charge is 2.27. The highest BCUT2D eigenvalue weighted by Crippen LogP contribution is 2.34.